The number of amides is 2. The van der Waals surface area contributed by atoms with Crippen LogP contribution in [0.25, 0.3) is 0 Å². The van der Waals surface area contributed by atoms with Crippen molar-refractivity contribution in [1.29, 1.82) is 0 Å². The zero-order valence-electron chi connectivity index (χ0n) is 11.7. The van der Waals surface area contributed by atoms with E-state index in [1.165, 1.54) is 0 Å². The number of ether oxygens (including phenoxy) is 1. The molecule has 0 spiro atoms. The van der Waals surface area contributed by atoms with Gasteiger partial charge in [-0.15, -0.1) is 0 Å². The molecule has 2 rings (SSSR count). The van der Waals surface area contributed by atoms with Gasteiger partial charge in [0.15, 0.2) is 0 Å². The Bertz CT molecular complexity index is 427. The van der Waals surface area contributed by atoms with Crippen LogP contribution in [0.5, 0.6) is 0 Å². The number of carbonyl (C=O) groups is 2. The van der Waals surface area contributed by atoms with Gasteiger partial charge in [-0.25, -0.2) is 0 Å². The van der Waals surface area contributed by atoms with E-state index >= 15 is 0 Å². The predicted octanol–water partition coefficient (Wildman–Crippen LogP) is -0.217. The van der Waals surface area contributed by atoms with Crippen molar-refractivity contribution in [2.45, 2.75) is 18.9 Å². The van der Waals surface area contributed by atoms with E-state index in [9.17, 15) is 9.59 Å². The summed E-state index contributed by atoms with van der Waals surface area (Å²) in [6.07, 6.45) is 7.55. The summed E-state index contributed by atoms with van der Waals surface area (Å²) in [4.78, 5) is 25.5. The fourth-order valence-corrected chi connectivity index (χ4v) is 1.93. The molecule has 0 saturated heterocycles. The van der Waals surface area contributed by atoms with Gasteiger partial charge in [0.25, 0.3) is 0 Å². The minimum absolute atomic E-state index is 0.0122. The molecule has 0 radical (unpaired) electrons. The van der Waals surface area contributed by atoms with E-state index < -0.39 is 0 Å². The first-order valence-corrected chi connectivity index (χ1v) is 6.87. The minimum atomic E-state index is -0.112. The number of allylic oxidation sites excluding steroid dienone is 2. The van der Waals surface area contributed by atoms with Crippen molar-refractivity contribution < 1.29 is 14.3 Å². The SMILES string of the molecule is COCCNC(=O)C1=CC=CN(CC(=O)NC2CC2)C1. The predicted molar refractivity (Wildman–Crippen MR) is 74.8 cm³/mol. The van der Waals surface area contributed by atoms with Crippen molar-refractivity contribution in [2.75, 3.05) is 33.4 Å². The van der Waals surface area contributed by atoms with Gasteiger partial charge in [-0.1, -0.05) is 6.08 Å². The lowest BCUT2D eigenvalue weighted by atomic mass is 10.1. The first-order chi connectivity index (χ1) is 9.69. The summed E-state index contributed by atoms with van der Waals surface area (Å²) in [7, 11) is 1.59. The van der Waals surface area contributed by atoms with Crippen LogP contribution < -0.4 is 10.6 Å². The maximum absolute atomic E-state index is 11.9. The van der Waals surface area contributed by atoms with E-state index in [0.29, 0.717) is 31.3 Å². The summed E-state index contributed by atoms with van der Waals surface area (Å²) >= 11 is 0. The van der Waals surface area contributed by atoms with Crippen molar-refractivity contribution >= 4 is 11.8 Å². The fraction of sp³-hybridized carbons (Fsp3) is 0.571. The molecule has 0 aromatic carbocycles. The zero-order valence-corrected chi connectivity index (χ0v) is 11.7. The summed E-state index contributed by atoms with van der Waals surface area (Å²) in [6.45, 7) is 1.71. The Labute approximate surface area is 118 Å². The Morgan fingerprint density at radius 2 is 2.25 bits per heavy atom. The van der Waals surface area contributed by atoms with Gasteiger partial charge in [-0.2, -0.15) is 0 Å². The van der Waals surface area contributed by atoms with E-state index in [0.717, 1.165) is 12.8 Å². The summed E-state index contributed by atoms with van der Waals surface area (Å²) < 4.78 is 4.88. The van der Waals surface area contributed by atoms with Gasteiger partial charge in [0, 0.05) is 31.8 Å². The molecule has 0 unspecified atom stereocenters. The third kappa shape index (κ3) is 4.70. The lowest BCUT2D eigenvalue weighted by Gasteiger charge is -2.23. The van der Waals surface area contributed by atoms with Crippen LogP contribution in [0.15, 0.2) is 23.9 Å². The van der Waals surface area contributed by atoms with Crippen LogP contribution in [-0.2, 0) is 14.3 Å². The van der Waals surface area contributed by atoms with E-state index in [4.69, 9.17) is 4.74 Å². The van der Waals surface area contributed by atoms with Gasteiger partial charge in [-0.05, 0) is 25.1 Å². The Morgan fingerprint density at radius 3 is 2.95 bits per heavy atom. The smallest absolute Gasteiger partial charge is 0.249 e. The van der Waals surface area contributed by atoms with E-state index in [2.05, 4.69) is 10.6 Å². The normalized spacial score (nSPS) is 17.6. The average molecular weight is 279 g/mol. The molecule has 1 aliphatic heterocycles. The first-order valence-electron chi connectivity index (χ1n) is 6.87. The van der Waals surface area contributed by atoms with Crippen LogP contribution in [0.4, 0.5) is 0 Å². The molecule has 1 aliphatic carbocycles. The third-order valence-electron chi connectivity index (χ3n) is 3.14. The molecule has 20 heavy (non-hydrogen) atoms. The molecule has 0 aromatic rings. The first kappa shape index (κ1) is 14.6. The van der Waals surface area contributed by atoms with Crippen LogP contribution in [0.2, 0.25) is 0 Å². The van der Waals surface area contributed by atoms with Gasteiger partial charge < -0.3 is 20.3 Å². The zero-order chi connectivity index (χ0) is 14.4. The van der Waals surface area contributed by atoms with Crippen molar-refractivity contribution in [2.24, 2.45) is 0 Å². The number of carbonyl (C=O) groups excluding carboxylic acids is 2. The molecule has 0 aromatic heterocycles. The summed E-state index contributed by atoms with van der Waals surface area (Å²) in [6, 6.07) is 0.364. The fourth-order valence-electron chi connectivity index (χ4n) is 1.93. The van der Waals surface area contributed by atoms with Gasteiger partial charge in [0.05, 0.1) is 13.2 Å². The van der Waals surface area contributed by atoms with Crippen molar-refractivity contribution in [3.8, 4) is 0 Å². The van der Waals surface area contributed by atoms with E-state index in [1.54, 1.807) is 19.3 Å². The molecule has 2 amide bonds. The van der Waals surface area contributed by atoms with Crippen molar-refractivity contribution in [1.82, 2.24) is 15.5 Å². The van der Waals surface area contributed by atoms with Gasteiger partial charge in [0.1, 0.15) is 0 Å². The van der Waals surface area contributed by atoms with Crippen LogP contribution in [0.1, 0.15) is 12.8 Å². The lowest BCUT2D eigenvalue weighted by Crippen LogP contribution is -2.39. The minimum Gasteiger partial charge on any atom is -0.383 e. The number of nitrogens with zero attached hydrogens (tertiary/aromatic N) is 1. The lowest BCUT2D eigenvalue weighted by molar-refractivity contribution is -0.122. The molecular formula is C14H21N3O3. The Morgan fingerprint density at radius 1 is 1.45 bits per heavy atom. The van der Waals surface area contributed by atoms with E-state index in [1.807, 2.05) is 11.1 Å². The molecule has 2 aliphatic rings. The van der Waals surface area contributed by atoms with Crippen LogP contribution in [0.3, 0.4) is 0 Å². The second kappa shape index (κ2) is 7.09. The van der Waals surface area contributed by atoms with Gasteiger partial charge in [-0.3, -0.25) is 9.59 Å². The molecule has 0 bridgehead atoms. The molecule has 1 fully saturated rings. The van der Waals surface area contributed by atoms with Crippen molar-refractivity contribution in [3.05, 3.63) is 23.9 Å². The Kier molecular flexibility index (Phi) is 5.17. The van der Waals surface area contributed by atoms with Gasteiger partial charge in [0.2, 0.25) is 11.8 Å². The highest BCUT2D eigenvalue weighted by molar-refractivity contribution is 5.94. The topological polar surface area (TPSA) is 70.7 Å². The molecule has 6 heteroatoms. The second-order valence-corrected chi connectivity index (χ2v) is 5.03. The summed E-state index contributed by atoms with van der Waals surface area (Å²) in [5.41, 5.74) is 0.655. The van der Waals surface area contributed by atoms with Gasteiger partial charge >= 0.3 is 0 Å². The van der Waals surface area contributed by atoms with Crippen molar-refractivity contribution in [3.63, 3.8) is 0 Å². The molecular weight excluding hydrogens is 258 g/mol. The molecule has 6 nitrogen and oxygen atoms in total. The van der Waals surface area contributed by atoms with Crippen LogP contribution in [0, 0.1) is 0 Å². The Balaban J connectivity index is 1.75. The summed E-state index contributed by atoms with van der Waals surface area (Å²) in [5.74, 6) is -0.0998. The summed E-state index contributed by atoms with van der Waals surface area (Å²) in [5, 5.41) is 5.71. The highest BCUT2D eigenvalue weighted by Gasteiger charge is 2.24. The molecule has 1 heterocycles. The standard InChI is InChI=1S/C14H21N3O3/c1-20-8-6-15-14(19)11-3-2-7-17(9-11)10-13(18)16-12-4-5-12/h2-3,7,12H,4-6,8-10H2,1H3,(H,15,19)(H,16,18). The number of rotatable bonds is 7. The maximum atomic E-state index is 11.9. The number of nitrogens with one attached hydrogen (secondary N) is 2. The Hall–Kier alpha value is -1.82. The quantitative estimate of drug-likeness (QED) is 0.632. The number of methoxy groups -OCH3 is 1. The molecule has 1 saturated carbocycles. The highest BCUT2D eigenvalue weighted by atomic mass is 16.5. The molecule has 2 N–H and O–H groups in total. The third-order valence-corrected chi connectivity index (χ3v) is 3.14. The average Bonchev–Trinajstić information content (AvgIpc) is 3.23. The largest absolute Gasteiger partial charge is 0.383 e. The monoisotopic (exact) mass is 279 g/mol. The maximum Gasteiger partial charge on any atom is 0.249 e. The van der Waals surface area contributed by atoms with Crippen LogP contribution >= 0.6 is 0 Å². The molecule has 110 valence electrons. The second-order valence-electron chi connectivity index (χ2n) is 5.03. The number of hydrogen-bond donors (Lipinski definition) is 2. The molecule has 0 atom stereocenters. The van der Waals surface area contributed by atoms with E-state index in [-0.39, 0.29) is 18.4 Å². The highest BCUT2D eigenvalue weighted by Crippen LogP contribution is 2.18. The number of hydrogen-bond acceptors (Lipinski definition) is 4. The van der Waals surface area contributed by atoms with Crippen LogP contribution in [-0.4, -0.2) is 56.1 Å².